The van der Waals surface area contributed by atoms with Crippen LogP contribution in [0.1, 0.15) is 46.5 Å². The molecule has 5 nitrogen and oxygen atoms in total. The van der Waals surface area contributed by atoms with Crippen molar-refractivity contribution in [3.8, 4) is 0 Å². The minimum absolute atomic E-state index is 0.147. The van der Waals surface area contributed by atoms with Gasteiger partial charge in [-0.3, -0.25) is 24.8 Å². The predicted molar refractivity (Wildman–Crippen MR) is 71.1 cm³/mol. The van der Waals surface area contributed by atoms with Crippen LogP contribution < -0.4 is 5.32 Å². The number of aliphatic imine (C=N–C) groups is 1. The van der Waals surface area contributed by atoms with Crippen LogP contribution in [0.3, 0.4) is 0 Å². The highest BCUT2D eigenvalue weighted by molar-refractivity contribution is 6.20. The van der Waals surface area contributed by atoms with E-state index in [9.17, 15) is 9.59 Å². The topological polar surface area (TPSA) is 61.8 Å². The highest BCUT2D eigenvalue weighted by Gasteiger charge is 2.49. The molecule has 0 aliphatic carbocycles. The monoisotopic (exact) mass is 253 g/mol. The molecule has 0 atom stereocenters. The molecule has 1 heterocycles. The van der Waals surface area contributed by atoms with Crippen molar-refractivity contribution in [1.82, 2.24) is 10.2 Å². The van der Waals surface area contributed by atoms with Crippen molar-refractivity contribution in [2.75, 3.05) is 13.6 Å². The summed E-state index contributed by atoms with van der Waals surface area (Å²) in [4.78, 5) is 30.2. The quantitative estimate of drug-likeness (QED) is 0.596. The molecule has 5 heteroatoms. The Morgan fingerprint density at radius 2 is 1.83 bits per heavy atom. The van der Waals surface area contributed by atoms with Crippen LogP contribution in [0.5, 0.6) is 0 Å². The van der Waals surface area contributed by atoms with E-state index in [4.69, 9.17) is 0 Å². The first-order chi connectivity index (χ1) is 8.53. The van der Waals surface area contributed by atoms with Crippen molar-refractivity contribution < 1.29 is 9.59 Å². The Balaban J connectivity index is 2.93. The van der Waals surface area contributed by atoms with Crippen molar-refractivity contribution in [2.45, 2.75) is 46.5 Å². The van der Waals surface area contributed by atoms with E-state index in [0.717, 1.165) is 12.8 Å². The minimum Gasteiger partial charge on any atom is -0.295 e. The lowest BCUT2D eigenvalue weighted by atomic mass is 9.79. The number of amides is 2. The fourth-order valence-electron chi connectivity index (χ4n) is 2.18. The number of guanidine groups is 1. The van der Waals surface area contributed by atoms with E-state index in [2.05, 4.69) is 17.2 Å². The summed E-state index contributed by atoms with van der Waals surface area (Å²) in [5, 5.41) is 2.76. The molecule has 1 aliphatic heterocycles. The molecular formula is C13H23N3O2. The van der Waals surface area contributed by atoms with Gasteiger partial charge in [-0.1, -0.05) is 27.2 Å². The molecule has 1 rings (SSSR count). The molecule has 1 saturated heterocycles. The first-order valence-electron chi connectivity index (χ1n) is 6.67. The average molecular weight is 253 g/mol. The zero-order valence-electron chi connectivity index (χ0n) is 11.7. The van der Waals surface area contributed by atoms with Gasteiger partial charge in [0.2, 0.25) is 17.8 Å². The smallest absolute Gasteiger partial charge is 0.244 e. The molecule has 0 unspecified atom stereocenters. The largest absolute Gasteiger partial charge is 0.295 e. The zero-order valence-corrected chi connectivity index (χ0v) is 11.7. The number of nitrogens with one attached hydrogen (secondary N) is 1. The highest BCUT2D eigenvalue weighted by Crippen LogP contribution is 2.31. The molecule has 0 aromatic rings. The Morgan fingerprint density at radius 3 is 2.33 bits per heavy atom. The van der Waals surface area contributed by atoms with Crippen molar-refractivity contribution in [1.29, 1.82) is 0 Å². The van der Waals surface area contributed by atoms with Crippen LogP contribution in [0, 0.1) is 5.41 Å². The molecule has 1 fully saturated rings. The number of carbonyl (C=O) groups excluding carboxylic acids is 2. The minimum atomic E-state index is -0.918. The van der Waals surface area contributed by atoms with E-state index in [1.54, 1.807) is 7.05 Å². The van der Waals surface area contributed by atoms with E-state index in [1.807, 2.05) is 13.8 Å². The molecule has 1 aliphatic rings. The molecule has 0 radical (unpaired) electrons. The van der Waals surface area contributed by atoms with Crippen molar-refractivity contribution in [3.05, 3.63) is 0 Å². The van der Waals surface area contributed by atoms with Crippen LogP contribution in [-0.4, -0.2) is 36.3 Å². The molecule has 1 N–H and O–H groups in total. The number of carbonyl (C=O) groups is 2. The molecule has 0 aromatic carbocycles. The molecule has 18 heavy (non-hydrogen) atoms. The number of hydrogen-bond acceptors (Lipinski definition) is 3. The molecule has 2 amide bonds. The van der Waals surface area contributed by atoms with Crippen LogP contribution in [0.4, 0.5) is 0 Å². The summed E-state index contributed by atoms with van der Waals surface area (Å²) in [5.74, 6) is 0.0216. The second-order valence-corrected chi connectivity index (χ2v) is 4.67. The summed E-state index contributed by atoms with van der Waals surface area (Å²) in [6.07, 6.45) is 3.02. The summed E-state index contributed by atoms with van der Waals surface area (Å²) >= 11 is 0. The maximum atomic E-state index is 12.3. The zero-order chi connectivity index (χ0) is 13.8. The number of rotatable bonds is 5. The van der Waals surface area contributed by atoms with Gasteiger partial charge in [0.15, 0.2) is 0 Å². The summed E-state index contributed by atoms with van der Waals surface area (Å²) in [6, 6.07) is 0. The standard InChI is InChI=1S/C13H23N3O2/c1-5-8-9-14-12-15-10(17)13(6-2,7-3)11(18)16(12)4/h5-9H2,1-4H3,(H,14,15,17). The second-order valence-electron chi connectivity index (χ2n) is 4.67. The Kier molecular flexibility index (Phi) is 4.87. The summed E-state index contributed by atoms with van der Waals surface area (Å²) < 4.78 is 0. The number of hydrogen-bond donors (Lipinski definition) is 1. The fourth-order valence-corrected chi connectivity index (χ4v) is 2.18. The van der Waals surface area contributed by atoms with E-state index in [0.29, 0.717) is 25.3 Å². The van der Waals surface area contributed by atoms with Gasteiger partial charge in [-0.15, -0.1) is 0 Å². The van der Waals surface area contributed by atoms with Gasteiger partial charge in [0.1, 0.15) is 5.41 Å². The van der Waals surface area contributed by atoms with Crippen molar-refractivity contribution >= 4 is 17.8 Å². The van der Waals surface area contributed by atoms with Crippen LogP contribution in [-0.2, 0) is 9.59 Å². The van der Waals surface area contributed by atoms with E-state index < -0.39 is 5.41 Å². The van der Waals surface area contributed by atoms with E-state index in [1.165, 1.54) is 4.90 Å². The summed E-state index contributed by atoms with van der Waals surface area (Å²) in [6.45, 7) is 6.45. The highest BCUT2D eigenvalue weighted by atomic mass is 16.2. The van der Waals surface area contributed by atoms with Crippen LogP contribution >= 0.6 is 0 Å². The molecule has 0 bridgehead atoms. The maximum absolute atomic E-state index is 12.3. The van der Waals surface area contributed by atoms with E-state index >= 15 is 0 Å². The third-order valence-electron chi connectivity index (χ3n) is 3.67. The lowest BCUT2D eigenvalue weighted by Crippen LogP contribution is -2.63. The van der Waals surface area contributed by atoms with Crippen molar-refractivity contribution in [3.63, 3.8) is 0 Å². The SMILES string of the molecule is CCCCN=C1NC(=O)C(CC)(CC)C(=O)N1C. The lowest BCUT2D eigenvalue weighted by molar-refractivity contribution is -0.150. The van der Waals surface area contributed by atoms with Gasteiger partial charge in [-0.05, 0) is 19.3 Å². The van der Waals surface area contributed by atoms with Crippen LogP contribution in [0.25, 0.3) is 0 Å². The van der Waals surface area contributed by atoms with Gasteiger partial charge < -0.3 is 0 Å². The summed E-state index contributed by atoms with van der Waals surface area (Å²) in [7, 11) is 1.67. The fraction of sp³-hybridized carbons (Fsp3) is 0.769. The number of nitrogens with zero attached hydrogens (tertiary/aromatic N) is 2. The third-order valence-corrected chi connectivity index (χ3v) is 3.67. The number of unbranched alkanes of at least 4 members (excludes halogenated alkanes) is 1. The molecule has 102 valence electrons. The second kappa shape index (κ2) is 5.98. The molecule has 0 saturated carbocycles. The normalized spacial score (nSPS) is 21.3. The Hall–Kier alpha value is -1.39. The Bertz CT molecular complexity index is 359. The first-order valence-corrected chi connectivity index (χ1v) is 6.67. The van der Waals surface area contributed by atoms with Gasteiger partial charge in [0, 0.05) is 13.6 Å². The predicted octanol–water partition coefficient (Wildman–Crippen LogP) is 1.54. The van der Waals surface area contributed by atoms with Gasteiger partial charge in [0.25, 0.3) is 0 Å². The third kappa shape index (κ3) is 2.40. The lowest BCUT2D eigenvalue weighted by Gasteiger charge is -2.38. The van der Waals surface area contributed by atoms with E-state index in [-0.39, 0.29) is 11.8 Å². The first kappa shape index (κ1) is 14.7. The average Bonchev–Trinajstić information content (AvgIpc) is 2.37. The molecule has 0 aromatic heterocycles. The van der Waals surface area contributed by atoms with Gasteiger partial charge in [0.05, 0.1) is 0 Å². The Morgan fingerprint density at radius 1 is 1.22 bits per heavy atom. The molecule has 0 spiro atoms. The van der Waals surface area contributed by atoms with Crippen LogP contribution in [0.15, 0.2) is 4.99 Å². The van der Waals surface area contributed by atoms with Gasteiger partial charge >= 0.3 is 0 Å². The Labute approximate surface area is 109 Å². The summed E-state index contributed by atoms with van der Waals surface area (Å²) in [5.41, 5.74) is -0.918. The van der Waals surface area contributed by atoms with Crippen LogP contribution in [0.2, 0.25) is 0 Å². The van der Waals surface area contributed by atoms with Gasteiger partial charge in [-0.25, -0.2) is 0 Å². The molecular weight excluding hydrogens is 230 g/mol. The maximum Gasteiger partial charge on any atom is 0.244 e. The van der Waals surface area contributed by atoms with Crippen molar-refractivity contribution in [2.24, 2.45) is 10.4 Å². The van der Waals surface area contributed by atoms with Gasteiger partial charge in [-0.2, -0.15) is 0 Å².